The van der Waals surface area contributed by atoms with Crippen LogP contribution in [0.15, 0.2) is 48.5 Å². The van der Waals surface area contributed by atoms with Crippen molar-refractivity contribution < 1.29 is 9.47 Å². The normalized spacial score (nSPS) is 14.4. The van der Waals surface area contributed by atoms with Crippen molar-refractivity contribution in [2.45, 2.75) is 19.9 Å². The van der Waals surface area contributed by atoms with Crippen LogP contribution in [-0.4, -0.2) is 31.2 Å². The second-order valence-electron chi connectivity index (χ2n) is 5.52. The van der Waals surface area contributed by atoms with Gasteiger partial charge in [0.2, 0.25) is 0 Å². The first-order valence-corrected chi connectivity index (χ1v) is 8.00. The Morgan fingerprint density at radius 2 is 1.59 bits per heavy atom. The summed E-state index contributed by atoms with van der Waals surface area (Å²) in [5, 5.41) is 0. The highest BCUT2D eigenvalue weighted by Crippen LogP contribution is 2.26. The molecule has 0 amide bonds. The third kappa shape index (κ3) is 3.60. The average Bonchev–Trinajstić information content (AvgIpc) is 2.56. The van der Waals surface area contributed by atoms with Gasteiger partial charge in [0.1, 0.15) is 6.61 Å². The summed E-state index contributed by atoms with van der Waals surface area (Å²) in [6, 6.07) is 16.6. The molecule has 0 bridgehead atoms. The lowest BCUT2D eigenvalue weighted by Crippen LogP contribution is -2.33. The number of hydrogen-bond donors (Lipinski definition) is 0. The summed E-state index contributed by atoms with van der Waals surface area (Å²) in [6.07, 6.45) is 1.13. The Kier molecular flexibility index (Phi) is 4.96. The number of ether oxygens (including phenoxy) is 2. The van der Waals surface area contributed by atoms with E-state index < -0.39 is 0 Å². The van der Waals surface area contributed by atoms with E-state index in [9.17, 15) is 0 Å². The van der Waals surface area contributed by atoms with E-state index in [1.165, 1.54) is 11.1 Å². The summed E-state index contributed by atoms with van der Waals surface area (Å²) in [4.78, 5) is 2.45. The van der Waals surface area contributed by atoms with E-state index in [1.807, 2.05) is 31.2 Å². The van der Waals surface area contributed by atoms with Crippen molar-refractivity contribution in [3.05, 3.63) is 59.7 Å². The molecule has 3 rings (SSSR count). The second kappa shape index (κ2) is 7.32. The van der Waals surface area contributed by atoms with E-state index in [4.69, 9.17) is 9.47 Å². The largest absolute Gasteiger partial charge is 0.490 e. The maximum absolute atomic E-state index is 5.91. The van der Waals surface area contributed by atoms with Crippen molar-refractivity contribution in [1.82, 2.24) is 4.90 Å². The smallest absolute Gasteiger partial charge is 0.161 e. The number of nitrogens with zero attached hydrogens (tertiary/aromatic N) is 1. The highest BCUT2D eigenvalue weighted by molar-refractivity contribution is 5.39. The number of hydrogen-bond acceptors (Lipinski definition) is 3. The molecule has 1 aliphatic heterocycles. The van der Waals surface area contributed by atoms with Crippen LogP contribution in [0.2, 0.25) is 0 Å². The van der Waals surface area contributed by atoms with Crippen molar-refractivity contribution in [2.24, 2.45) is 0 Å². The van der Waals surface area contributed by atoms with Crippen LogP contribution in [0.4, 0.5) is 0 Å². The molecule has 0 saturated carbocycles. The third-order valence-corrected chi connectivity index (χ3v) is 4.02. The van der Waals surface area contributed by atoms with Gasteiger partial charge in [-0.05, 0) is 36.6 Å². The quantitative estimate of drug-likeness (QED) is 0.814. The molecule has 3 heteroatoms. The highest BCUT2D eigenvalue weighted by atomic mass is 16.5. The molecular weight excluding hydrogens is 274 g/mol. The van der Waals surface area contributed by atoms with E-state index in [1.54, 1.807) is 0 Å². The molecule has 1 heterocycles. The molecule has 0 atom stereocenters. The molecule has 0 aliphatic carbocycles. The number of para-hydroxylation sites is 2. The van der Waals surface area contributed by atoms with Crippen LogP contribution in [0, 0.1) is 0 Å². The Morgan fingerprint density at radius 3 is 2.36 bits per heavy atom. The number of rotatable bonds is 6. The molecule has 0 N–H and O–H groups in total. The van der Waals surface area contributed by atoms with Crippen LogP contribution in [0.5, 0.6) is 11.5 Å². The van der Waals surface area contributed by atoms with Gasteiger partial charge in [0.05, 0.1) is 6.61 Å². The number of fused-ring (bicyclic) bond motifs is 1. The molecule has 1 aliphatic rings. The summed E-state index contributed by atoms with van der Waals surface area (Å²) in [7, 11) is 0. The van der Waals surface area contributed by atoms with Gasteiger partial charge in [-0.1, -0.05) is 36.4 Å². The Hall–Kier alpha value is -2.00. The molecule has 0 fully saturated rings. The monoisotopic (exact) mass is 297 g/mol. The molecule has 0 unspecified atom stereocenters. The van der Waals surface area contributed by atoms with Gasteiger partial charge < -0.3 is 9.47 Å². The Morgan fingerprint density at radius 1 is 0.909 bits per heavy atom. The first kappa shape index (κ1) is 14.9. The highest BCUT2D eigenvalue weighted by Gasteiger charge is 2.15. The third-order valence-electron chi connectivity index (χ3n) is 4.02. The summed E-state index contributed by atoms with van der Waals surface area (Å²) in [6.45, 7) is 6.40. The Balaban J connectivity index is 1.52. The van der Waals surface area contributed by atoms with Crippen molar-refractivity contribution in [3.8, 4) is 11.5 Å². The van der Waals surface area contributed by atoms with Crippen molar-refractivity contribution >= 4 is 0 Å². The van der Waals surface area contributed by atoms with Gasteiger partial charge >= 0.3 is 0 Å². The standard InChI is InChI=1S/C19H23NO2/c1-2-21-18-9-5-6-10-19(18)22-14-13-20-12-11-16-7-3-4-8-17(16)15-20/h3-10H,2,11-15H2,1H3. The molecular formula is C19H23NO2. The molecule has 2 aromatic carbocycles. The maximum atomic E-state index is 5.91. The Bertz CT molecular complexity index is 612. The van der Waals surface area contributed by atoms with Crippen LogP contribution in [0.1, 0.15) is 18.1 Å². The van der Waals surface area contributed by atoms with Crippen molar-refractivity contribution in [3.63, 3.8) is 0 Å². The van der Waals surface area contributed by atoms with E-state index >= 15 is 0 Å². The summed E-state index contributed by atoms with van der Waals surface area (Å²) in [5.41, 5.74) is 2.94. The molecule has 3 nitrogen and oxygen atoms in total. The lowest BCUT2D eigenvalue weighted by molar-refractivity contribution is 0.191. The average molecular weight is 297 g/mol. The van der Waals surface area contributed by atoms with Gasteiger partial charge in [-0.15, -0.1) is 0 Å². The van der Waals surface area contributed by atoms with Gasteiger partial charge in [0.15, 0.2) is 11.5 Å². The summed E-state index contributed by atoms with van der Waals surface area (Å²) in [5.74, 6) is 1.66. The second-order valence-corrected chi connectivity index (χ2v) is 5.52. The van der Waals surface area contributed by atoms with Gasteiger partial charge in [-0.25, -0.2) is 0 Å². The molecule has 2 aromatic rings. The van der Waals surface area contributed by atoms with E-state index in [-0.39, 0.29) is 0 Å². The van der Waals surface area contributed by atoms with Crippen molar-refractivity contribution in [1.29, 1.82) is 0 Å². The van der Waals surface area contributed by atoms with Crippen molar-refractivity contribution in [2.75, 3.05) is 26.3 Å². The molecule has 0 saturated heterocycles. The lowest BCUT2D eigenvalue weighted by atomic mass is 10.0. The molecule has 0 spiro atoms. The SMILES string of the molecule is CCOc1ccccc1OCCN1CCc2ccccc2C1. The fourth-order valence-electron chi connectivity index (χ4n) is 2.87. The predicted molar refractivity (Wildman–Crippen MR) is 88.5 cm³/mol. The zero-order chi connectivity index (χ0) is 15.2. The molecule has 116 valence electrons. The van der Waals surface area contributed by atoms with Crippen LogP contribution in [0.25, 0.3) is 0 Å². The zero-order valence-corrected chi connectivity index (χ0v) is 13.1. The van der Waals surface area contributed by atoms with E-state index in [0.29, 0.717) is 13.2 Å². The first-order valence-electron chi connectivity index (χ1n) is 8.00. The minimum absolute atomic E-state index is 0.656. The maximum Gasteiger partial charge on any atom is 0.161 e. The van der Waals surface area contributed by atoms with E-state index in [2.05, 4.69) is 29.2 Å². The van der Waals surface area contributed by atoms with Gasteiger partial charge in [0, 0.05) is 19.6 Å². The summed E-state index contributed by atoms with van der Waals surface area (Å²) < 4.78 is 11.5. The first-order chi connectivity index (χ1) is 10.9. The van der Waals surface area contributed by atoms with Gasteiger partial charge in [-0.2, -0.15) is 0 Å². The van der Waals surface area contributed by atoms with Gasteiger partial charge in [-0.3, -0.25) is 4.90 Å². The lowest BCUT2D eigenvalue weighted by Gasteiger charge is -2.28. The molecule has 22 heavy (non-hydrogen) atoms. The molecule has 0 radical (unpaired) electrons. The van der Waals surface area contributed by atoms with Crippen LogP contribution < -0.4 is 9.47 Å². The van der Waals surface area contributed by atoms with Crippen LogP contribution >= 0.6 is 0 Å². The van der Waals surface area contributed by atoms with E-state index in [0.717, 1.165) is 37.6 Å². The minimum atomic E-state index is 0.656. The Labute approximate surface area is 132 Å². The van der Waals surface area contributed by atoms with Gasteiger partial charge in [0.25, 0.3) is 0 Å². The predicted octanol–water partition coefficient (Wildman–Crippen LogP) is 3.52. The van der Waals surface area contributed by atoms with Crippen LogP contribution in [-0.2, 0) is 13.0 Å². The zero-order valence-electron chi connectivity index (χ0n) is 13.1. The molecule has 0 aromatic heterocycles. The fraction of sp³-hybridized carbons (Fsp3) is 0.368. The minimum Gasteiger partial charge on any atom is -0.490 e. The topological polar surface area (TPSA) is 21.7 Å². The number of benzene rings is 2. The van der Waals surface area contributed by atoms with Crippen LogP contribution in [0.3, 0.4) is 0 Å². The fourth-order valence-corrected chi connectivity index (χ4v) is 2.87. The summed E-state index contributed by atoms with van der Waals surface area (Å²) >= 11 is 0.